The average molecular weight is 382 g/mol. The monoisotopic (exact) mass is 382 g/mol. The molecule has 1 aromatic heterocycles. The van der Waals surface area contributed by atoms with Crippen LogP contribution >= 0.6 is 12.2 Å². The van der Waals surface area contributed by atoms with E-state index in [4.69, 9.17) is 12.2 Å². The fraction of sp³-hybridized carbons (Fsp3) is 0.318. The van der Waals surface area contributed by atoms with E-state index in [0.29, 0.717) is 16.9 Å². The van der Waals surface area contributed by atoms with Gasteiger partial charge in [0, 0.05) is 29.3 Å². The Hall–Kier alpha value is -2.27. The number of aromatic nitrogens is 2. The molecular weight excluding hydrogens is 362 g/mol. The molecule has 5 rings (SSSR count). The van der Waals surface area contributed by atoms with Gasteiger partial charge in [0.2, 0.25) is 0 Å². The summed E-state index contributed by atoms with van der Waals surface area (Å²) in [6, 6.07) is 14.2. The number of aryl methyl sites for hydroxylation is 2. The predicted molar refractivity (Wildman–Crippen MR) is 103 cm³/mol. The van der Waals surface area contributed by atoms with Crippen molar-refractivity contribution < 1.29 is 8.78 Å². The summed E-state index contributed by atoms with van der Waals surface area (Å²) in [6.07, 6.45) is 3.82. The van der Waals surface area contributed by atoms with Gasteiger partial charge < -0.3 is 9.55 Å². The van der Waals surface area contributed by atoms with Crippen molar-refractivity contribution in [1.82, 2.24) is 9.55 Å². The van der Waals surface area contributed by atoms with Gasteiger partial charge in [-0.15, -0.1) is 0 Å². The standard InChI is InChI=1S/C22H20F2N2S/c23-15-9-10-18(24)16(11-15)22-12-17(22)20-19(25-21(27)26(20)13-22)8-4-7-14-5-2-1-3-6-14/h1-3,5-6,9-11,17H,4,7-8,12-13H2,(H,25,27)/t17-,22+/m0/s1. The molecule has 3 aromatic rings. The molecule has 0 spiro atoms. The molecule has 0 bridgehead atoms. The van der Waals surface area contributed by atoms with E-state index in [1.165, 1.54) is 29.5 Å². The zero-order valence-electron chi connectivity index (χ0n) is 14.8. The van der Waals surface area contributed by atoms with Crippen molar-refractivity contribution >= 4 is 12.2 Å². The number of imidazole rings is 1. The fourth-order valence-corrected chi connectivity index (χ4v) is 5.06. The van der Waals surface area contributed by atoms with Crippen molar-refractivity contribution in [2.24, 2.45) is 0 Å². The third kappa shape index (κ3) is 2.67. The summed E-state index contributed by atoms with van der Waals surface area (Å²) in [5.74, 6) is -0.463. The third-order valence-electron chi connectivity index (χ3n) is 6.15. The van der Waals surface area contributed by atoms with Crippen molar-refractivity contribution in [2.45, 2.75) is 43.6 Å². The molecule has 2 nitrogen and oxygen atoms in total. The lowest BCUT2D eigenvalue weighted by molar-refractivity contribution is 0.520. The van der Waals surface area contributed by atoms with Crippen molar-refractivity contribution in [3.8, 4) is 0 Å². The molecule has 27 heavy (non-hydrogen) atoms. The molecule has 138 valence electrons. The maximum atomic E-state index is 14.4. The van der Waals surface area contributed by atoms with Crippen LogP contribution in [-0.2, 0) is 24.8 Å². The number of rotatable bonds is 5. The van der Waals surface area contributed by atoms with E-state index in [9.17, 15) is 8.78 Å². The van der Waals surface area contributed by atoms with Crippen LogP contribution in [0.5, 0.6) is 0 Å². The third-order valence-corrected chi connectivity index (χ3v) is 6.47. The van der Waals surface area contributed by atoms with Crippen LogP contribution in [0.3, 0.4) is 0 Å². The van der Waals surface area contributed by atoms with E-state index >= 15 is 0 Å². The summed E-state index contributed by atoms with van der Waals surface area (Å²) >= 11 is 5.51. The van der Waals surface area contributed by atoms with Crippen LogP contribution in [0.15, 0.2) is 48.5 Å². The second-order valence-corrected chi connectivity index (χ2v) is 8.14. The van der Waals surface area contributed by atoms with Crippen LogP contribution in [0.1, 0.15) is 41.3 Å². The fourth-order valence-electron chi connectivity index (χ4n) is 4.78. The highest BCUT2D eigenvalue weighted by atomic mass is 32.1. The number of benzene rings is 2. The van der Waals surface area contributed by atoms with Gasteiger partial charge in [-0.1, -0.05) is 30.3 Å². The normalized spacial score (nSPS) is 22.5. The second kappa shape index (κ2) is 6.13. The zero-order valence-corrected chi connectivity index (χ0v) is 15.7. The Morgan fingerprint density at radius 1 is 1.11 bits per heavy atom. The van der Waals surface area contributed by atoms with Gasteiger partial charge >= 0.3 is 0 Å². The first kappa shape index (κ1) is 16.9. The van der Waals surface area contributed by atoms with E-state index in [1.807, 2.05) is 6.07 Å². The van der Waals surface area contributed by atoms with Crippen molar-refractivity contribution in [3.05, 3.63) is 87.5 Å². The molecule has 1 aliphatic carbocycles. The minimum absolute atomic E-state index is 0.230. The number of fused-ring (bicyclic) bond motifs is 3. The lowest BCUT2D eigenvalue weighted by atomic mass is 9.93. The SMILES string of the molecule is Fc1ccc(F)c([C@]23C[C@H]2c2c(CCCc4ccccc4)[nH]c(=S)n2C3)c1. The van der Waals surface area contributed by atoms with Crippen molar-refractivity contribution in [1.29, 1.82) is 0 Å². The van der Waals surface area contributed by atoms with Gasteiger partial charge in [-0.25, -0.2) is 8.78 Å². The molecule has 2 heterocycles. The van der Waals surface area contributed by atoms with Crippen molar-refractivity contribution in [2.75, 3.05) is 0 Å². The van der Waals surface area contributed by atoms with Crippen LogP contribution in [0, 0.1) is 16.4 Å². The quantitative estimate of drug-likeness (QED) is 0.583. The number of hydrogen-bond donors (Lipinski definition) is 1. The Labute approximate surface area is 161 Å². The first-order chi connectivity index (χ1) is 13.1. The Morgan fingerprint density at radius 2 is 1.93 bits per heavy atom. The summed E-state index contributed by atoms with van der Waals surface area (Å²) in [6.45, 7) is 0.640. The number of H-pyrrole nitrogens is 1. The molecule has 0 unspecified atom stereocenters. The molecular formula is C22H20F2N2S. The van der Waals surface area contributed by atoms with Crippen LogP contribution in [0.25, 0.3) is 0 Å². The Morgan fingerprint density at radius 3 is 2.74 bits per heavy atom. The first-order valence-corrected chi connectivity index (χ1v) is 9.80. The highest BCUT2D eigenvalue weighted by molar-refractivity contribution is 7.71. The van der Waals surface area contributed by atoms with Crippen molar-refractivity contribution in [3.63, 3.8) is 0 Å². The summed E-state index contributed by atoms with van der Waals surface area (Å²) in [4.78, 5) is 3.36. The summed E-state index contributed by atoms with van der Waals surface area (Å²) < 4.78 is 30.9. The number of nitrogens with one attached hydrogen (secondary N) is 1. The molecule has 1 saturated carbocycles. The summed E-state index contributed by atoms with van der Waals surface area (Å²) in [5.41, 5.74) is 3.88. The number of halogens is 2. The van der Waals surface area contributed by atoms with Crippen LogP contribution in [-0.4, -0.2) is 9.55 Å². The van der Waals surface area contributed by atoms with E-state index in [0.717, 1.165) is 31.4 Å². The average Bonchev–Trinajstić information content (AvgIpc) is 3.16. The van der Waals surface area contributed by atoms with E-state index < -0.39 is 0 Å². The molecule has 1 fully saturated rings. The second-order valence-electron chi connectivity index (χ2n) is 7.76. The topological polar surface area (TPSA) is 20.7 Å². The van der Waals surface area contributed by atoms with Gasteiger partial charge in [-0.05, 0) is 67.2 Å². The highest BCUT2D eigenvalue weighted by Crippen LogP contribution is 2.66. The lowest BCUT2D eigenvalue weighted by Crippen LogP contribution is -2.14. The van der Waals surface area contributed by atoms with Gasteiger partial charge in [0.25, 0.3) is 0 Å². The molecule has 1 aliphatic heterocycles. The summed E-state index contributed by atoms with van der Waals surface area (Å²) in [5, 5.41) is 0. The van der Waals surface area contributed by atoms with E-state index in [2.05, 4.69) is 33.8 Å². The van der Waals surface area contributed by atoms with Crippen LogP contribution < -0.4 is 0 Å². The van der Waals surface area contributed by atoms with Crippen LogP contribution in [0.2, 0.25) is 0 Å². The molecule has 2 aliphatic rings. The number of aromatic amines is 1. The Kier molecular flexibility index (Phi) is 3.83. The van der Waals surface area contributed by atoms with Gasteiger partial charge in [0.05, 0.1) is 0 Å². The minimum atomic E-state index is -0.378. The first-order valence-electron chi connectivity index (χ1n) is 9.39. The van der Waals surface area contributed by atoms with E-state index in [-0.39, 0.29) is 23.0 Å². The van der Waals surface area contributed by atoms with Gasteiger partial charge in [0.1, 0.15) is 11.6 Å². The zero-order chi connectivity index (χ0) is 18.6. The number of nitrogens with zero attached hydrogens (tertiary/aromatic N) is 1. The number of hydrogen-bond acceptors (Lipinski definition) is 1. The highest BCUT2D eigenvalue weighted by Gasteiger charge is 2.63. The molecule has 1 N–H and O–H groups in total. The Bertz CT molecular complexity index is 1070. The maximum Gasteiger partial charge on any atom is 0.177 e. The summed E-state index contributed by atoms with van der Waals surface area (Å²) in [7, 11) is 0. The van der Waals surface area contributed by atoms with Gasteiger partial charge in [-0.3, -0.25) is 0 Å². The molecule has 0 saturated heterocycles. The largest absolute Gasteiger partial charge is 0.334 e. The predicted octanol–water partition coefficient (Wildman–Crippen LogP) is 5.44. The maximum absolute atomic E-state index is 14.4. The molecule has 2 aromatic carbocycles. The molecule has 5 heteroatoms. The Balaban J connectivity index is 1.39. The molecule has 2 atom stereocenters. The van der Waals surface area contributed by atoms with E-state index in [1.54, 1.807) is 0 Å². The smallest absolute Gasteiger partial charge is 0.177 e. The van der Waals surface area contributed by atoms with Gasteiger partial charge in [0.15, 0.2) is 4.77 Å². The lowest BCUT2D eigenvalue weighted by Gasteiger charge is -2.14. The van der Waals surface area contributed by atoms with Gasteiger partial charge in [-0.2, -0.15) is 0 Å². The molecule has 0 radical (unpaired) electrons. The van der Waals surface area contributed by atoms with Crippen LogP contribution in [0.4, 0.5) is 8.78 Å². The minimum Gasteiger partial charge on any atom is -0.334 e. The molecule has 0 amide bonds.